The second-order valence-electron chi connectivity index (χ2n) is 7.38. The zero-order valence-electron chi connectivity index (χ0n) is 15.4. The van der Waals surface area contributed by atoms with Crippen molar-refractivity contribution in [1.82, 2.24) is 19.6 Å². The number of rotatable bonds is 4. The summed E-state index contributed by atoms with van der Waals surface area (Å²) in [5.74, 6) is 0.273. The predicted octanol–water partition coefficient (Wildman–Crippen LogP) is 2.03. The van der Waals surface area contributed by atoms with Gasteiger partial charge < -0.3 is 14.5 Å². The van der Waals surface area contributed by atoms with Crippen molar-refractivity contribution in [2.45, 2.75) is 38.6 Å². The van der Waals surface area contributed by atoms with E-state index in [-0.39, 0.29) is 17.4 Å². The zero-order valence-corrected chi connectivity index (χ0v) is 15.4. The average molecular weight is 348 g/mol. The Morgan fingerprint density at radius 2 is 2.04 bits per heavy atom. The lowest BCUT2D eigenvalue weighted by Crippen LogP contribution is -2.52. The number of hydrogen-bond donors (Lipinski definition) is 0. The maximum Gasteiger partial charge on any atom is 0.320 e. The van der Waals surface area contributed by atoms with Crippen molar-refractivity contribution in [3.63, 3.8) is 0 Å². The fourth-order valence-corrected chi connectivity index (χ4v) is 4.26. The molecule has 1 saturated heterocycles. The number of nitrogens with zero attached hydrogens (tertiary/aromatic N) is 4. The first-order valence-corrected chi connectivity index (χ1v) is 9.03. The number of urea groups is 1. The molecule has 138 valence electrons. The number of piperidine rings is 1. The first kappa shape index (κ1) is 17.8. The standard InChI is InChI=1S/C18H28N4O3/c1-20(13-15-7-10-21(2)19-15)17(24)22-11-5-14(6-12-22)18(8-4-9-18)16(23)25-3/h7,10,14H,4-6,8-9,11-13H2,1-3H3. The van der Waals surface area contributed by atoms with Gasteiger partial charge in [0, 0.05) is 33.4 Å². The van der Waals surface area contributed by atoms with Crippen LogP contribution in [0.15, 0.2) is 12.3 Å². The SMILES string of the molecule is COC(=O)C1(C2CCN(C(=O)N(C)Cc3ccn(C)n3)CC2)CCC1. The average Bonchev–Trinajstić information content (AvgIpc) is 2.98. The Labute approximate surface area is 148 Å². The number of carbonyl (C=O) groups is 2. The Hall–Kier alpha value is -2.05. The van der Waals surface area contributed by atoms with Crippen LogP contribution in [0.3, 0.4) is 0 Å². The van der Waals surface area contributed by atoms with Crippen molar-refractivity contribution in [3.8, 4) is 0 Å². The topological polar surface area (TPSA) is 67.7 Å². The van der Waals surface area contributed by atoms with Crippen LogP contribution in [0.4, 0.5) is 4.79 Å². The van der Waals surface area contributed by atoms with Gasteiger partial charge in [-0.1, -0.05) is 6.42 Å². The third-order valence-electron chi connectivity index (χ3n) is 5.88. The highest BCUT2D eigenvalue weighted by Gasteiger charge is 2.51. The highest BCUT2D eigenvalue weighted by Crippen LogP contribution is 2.51. The molecule has 7 heteroatoms. The van der Waals surface area contributed by atoms with Crippen LogP contribution >= 0.6 is 0 Å². The largest absolute Gasteiger partial charge is 0.469 e. The molecule has 2 fully saturated rings. The van der Waals surface area contributed by atoms with Gasteiger partial charge >= 0.3 is 12.0 Å². The zero-order chi connectivity index (χ0) is 18.0. The van der Waals surface area contributed by atoms with E-state index in [1.807, 2.05) is 31.3 Å². The summed E-state index contributed by atoms with van der Waals surface area (Å²) in [6, 6.07) is 1.96. The number of aromatic nitrogens is 2. The minimum absolute atomic E-state index is 0.0323. The fraction of sp³-hybridized carbons (Fsp3) is 0.722. The van der Waals surface area contributed by atoms with Crippen molar-refractivity contribution in [3.05, 3.63) is 18.0 Å². The Balaban J connectivity index is 1.54. The van der Waals surface area contributed by atoms with E-state index in [0.29, 0.717) is 25.6 Å². The smallest absolute Gasteiger partial charge is 0.320 e. The normalized spacial score (nSPS) is 20.0. The van der Waals surface area contributed by atoms with Crippen molar-refractivity contribution in [2.75, 3.05) is 27.2 Å². The molecule has 25 heavy (non-hydrogen) atoms. The number of amides is 2. The monoisotopic (exact) mass is 348 g/mol. The van der Waals surface area contributed by atoms with Crippen molar-refractivity contribution in [1.29, 1.82) is 0 Å². The fourth-order valence-electron chi connectivity index (χ4n) is 4.26. The van der Waals surface area contributed by atoms with Crippen LogP contribution in [0.5, 0.6) is 0 Å². The quantitative estimate of drug-likeness (QED) is 0.781. The molecule has 7 nitrogen and oxygen atoms in total. The molecule has 0 spiro atoms. The third kappa shape index (κ3) is 3.37. The maximum absolute atomic E-state index is 12.7. The molecule has 0 radical (unpaired) electrons. The van der Waals surface area contributed by atoms with Gasteiger partial charge in [-0.05, 0) is 37.7 Å². The van der Waals surface area contributed by atoms with E-state index in [2.05, 4.69) is 5.10 Å². The molecule has 2 heterocycles. The van der Waals surface area contributed by atoms with E-state index in [9.17, 15) is 9.59 Å². The Bertz CT molecular complexity index is 630. The van der Waals surface area contributed by atoms with E-state index in [1.165, 1.54) is 7.11 Å². The van der Waals surface area contributed by atoms with Gasteiger partial charge in [0.2, 0.25) is 0 Å². The first-order chi connectivity index (χ1) is 12.0. The van der Waals surface area contributed by atoms with Gasteiger partial charge in [-0.25, -0.2) is 4.79 Å². The van der Waals surface area contributed by atoms with Gasteiger partial charge in [0.15, 0.2) is 0 Å². The number of aryl methyl sites for hydroxylation is 1. The summed E-state index contributed by atoms with van der Waals surface area (Å²) in [6.07, 6.45) is 6.58. The van der Waals surface area contributed by atoms with Gasteiger partial charge in [0.25, 0.3) is 0 Å². The van der Waals surface area contributed by atoms with Crippen molar-refractivity contribution in [2.24, 2.45) is 18.4 Å². The molecule has 1 aliphatic heterocycles. The highest BCUT2D eigenvalue weighted by molar-refractivity contribution is 5.78. The molecule has 2 amide bonds. The molecule has 0 aromatic carbocycles. The van der Waals surface area contributed by atoms with Crippen molar-refractivity contribution >= 4 is 12.0 Å². The molecule has 1 aromatic rings. The van der Waals surface area contributed by atoms with Crippen LogP contribution in [0, 0.1) is 11.3 Å². The lowest BCUT2D eigenvalue weighted by molar-refractivity contribution is -0.165. The molecule has 2 aliphatic rings. The summed E-state index contributed by atoms with van der Waals surface area (Å²) in [5, 5.41) is 4.32. The molecule has 0 atom stereocenters. The van der Waals surface area contributed by atoms with Crippen LogP contribution in [0.25, 0.3) is 0 Å². The van der Waals surface area contributed by atoms with Crippen LogP contribution in [-0.2, 0) is 23.1 Å². The maximum atomic E-state index is 12.7. The lowest BCUT2D eigenvalue weighted by Gasteiger charge is -2.48. The molecule has 0 N–H and O–H groups in total. The van der Waals surface area contributed by atoms with E-state index in [0.717, 1.165) is 37.8 Å². The molecular weight excluding hydrogens is 320 g/mol. The van der Waals surface area contributed by atoms with Crippen LogP contribution in [0.1, 0.15) is 37.8 Å². The number of hydrogen-bond acceptors (Lipinski definition) is 4. The number of likely N-dealkylation sites (tertiary alicyclic amines) is 1. The molecule has 1 aromatic heterocycles. The molecule has 0 unspecified atom stereocenters. The summed E-state index contributed by atoms with van der Waals surface area (Å²) >= 11 is 0. The van der Waals surface area contributed by atoms with Gasteiger partial charge in [0.05, 0.1) is 24.8 Å². The van der Waals surface area contributed by atoms with Gasteiger partial charge in [-0.2, -0.15) is 5.10 Å². The van der Waals surface area contributed by atoms with Crippen LogP contribution in [-0.4, -0.2) is 58.8 Å². The molecular formula is C18H28N4O3. The van der Waals surface area contributed by atoms with E-state index in [1.54, 1.807) is 9.58 Å². The summed E-state index contributed by atoms with van der Waals surface area (Å²) in [4.78, 5) is 28.5. The molecule has 1 aliphatic carbocycles. The summed E-state index contributed by atoms with van der Waals surface area (Å²) in [6.45, 7) is 1.91. The summed E-state index contributed by atoms with van der Waals surface area (Å²) < 4.78 is 6.80. The third-order valence-corrected chi connectivity index (χ3v) is 5.88. The molecule has 3 rings (SSSR count). The van der Waals surface area contributed by atoms with E-state index in [4.69, 9.17) is 4.74 Å². The lowest BCUT2D eigenvalue weighted by atomic mass is 9.58. The van der Waals surface area contributed by atoms with Crippen LogP contribution < -0.4 is 0 Å². The highest BCUT2D eigenvalue weighted by atomic mass is 16.5. The second-order valence-corrected chi connectivity index (χ2v) is 7.38. The van der Waals surface area contributed by atoms with E-state index >= 15 is 0 Å². The first-order valence-electron chi connectivity index (χ1n) is 9.03. The van der Waals surface area contributed by atoms with E-state index < -0.39 is 0 Å². The number of carbonyl (C=O) groups excluding carboxylic acids is 2. The Kier molecular flexibility index (Phi) is 5.01. The number of esters is 1. The summed E-state index contributed by atoms with van der Waals surface area (Å²) in [7, 11) is 5.16. The van der Waals surface area contributed by atoms with Gasteiger partial charge in [-0.15, -0.1) is 0 Å². The molecule has 1 saturated carbocycles. The minimum Gasteiger partial charge on any atom is -0.469 e. The molecule has 0 bridgehead atoms. The Morgan fingerprint density at radius 3 is 2.52 bits per heavy atom. The van der Waals surface area contributed by atoms with Crippen molar-refractivity contribution < 1.29 is 14.3 Å². The predicted molar refractivity (Wildman–Crippen MR) is 92.7 cm³/mol. The number of methoxy groups -OCH3 is 1. The Morgan fingerprint density at radius 1 is 1.36 bits per heavy atom. The minimum atomic E-state index is -0.288. The van der Waals surface area contributed by atoms with Gasteiger partial charge in [0.1, 0.15) is 0 Å². The second kappa shape index (κ2) is 7.06. The summed E-state index contributed by atoms with van der Waals surface area (Å²) in [5.41, 5.74) is 0.594. The van der Waals surface area contributed by atoms with Gasteiger partial charge in [-0.3, -0.25) is 9.48 Å². The number of ether oxygens (including phenoxy) is 1. The van der Waals surface area contributed by atoms with Crippen LogP contribution in [0.2, 0.25) is 0 Å².